The Hall–Kier alpha value is -3.17. The molecule has 2 heterocycles. The Kier molecular flexibility index (Phi) is 2.87. The quantitative estimate of drug-likeness (QED) is 0.521. The number of fused-ring (bicyclic) bond motifs is 6. The van der Waals surface area contributed by atoms with Gasteiger partial charge in [0.1, 0.15) is 5.66 Å². The van der Waals surface area contributed by atoms with Crippen LogP contribution in [-0.2, 0) is 5.66 Å². The van der Waals surface area contributed by atoms with Crippen molar-refractivity contribution in [2.45, 2.75) is 5.66 Å². The van der Waals surface area contributed by atoms with Crippen LogP contribution in [0.3, 0.4) is 0 Å². The summed E-state index contributed by atoms with van der Waals surface area (Å²) in [5.74, 6) is 0.119. The van der Waals surface area contributed by atoms with Crippen LogP contribution in [0.25, 0.3) is 21.5 Å². The molecule has 6 rings (SSSR count). The molecule has 2 aliphatic heterocycles. The third-order valence-electron chi connectivity index (χ3n) is 6.09. The smallest absolute Gasteiger partial charge is 0.256 e. The maximum atomic E-state index is 13.1. The molecule has 0 aromatic heterocycles. The van der Waals surface area contributed by atoms with Crippen LogP contribution in [0.1, 0.15) is 21.5 Å². The summed E-state index contributed by atoms with van der Waals surface area (Å²) in [6, 6.07) is 27.3. The summed E-state index contributed by atoms with van der Waals surface area (Å²) in [6.07, 6.45) is 0. The zero-order chi connectivity index (χ0) is 18.0. The van der Waals surface area contributed by atoms with E-state index in [2.05, 4.69) is 66.0 Å². The van der Waals surface area contributed by atoms with Gasteiger partial charge in [0.15, 0.2) is 0 Å². The molecular weight excluding hydrogens is 332 g/mol. The number of benzene rings is 4. The molecule has 3 heteroatoms. The second kappa shape index (κ2) is 5.18. The SMILES string of the molecule is O=C1c2ccccc2C2(c3cccc4c3ccc3ccccc34)NCCN12. The molecule has 1 fully saturated rings. The minimum atomic E-state index is -0.574. The van der Waals surface area contributed by atoms with E-state index in [1.807, 2.05) is 23.1 Å². The molecule has 1 amide bonds. The molecule has 1 atom stereocenters. The van der Waals surface area contributed by atoms with E-state index in [-0.39, 0.29) is 5.91 Å². The van der Waals surface area contributed by atoms with E-state index in [0.717, 1.165) is 29.8 Å². The third kappa shape index (κ3) is 1.77. The highest BCUT2D eigenvalue weighted by molar-refractivity contribution is 6.09. The summed E-state index contributed by atoms with van der Waals surface area (Å²) in [5, 5.41) is 8.58. The van der Waals surface area contributed by atoms with Crippen LogP contribution < -0.4 is 5.32 Å². The molecule has 1 N–H and O–H groups in total. The third-order valence-corrected chi connectivity index (χ3v) is 6.09. The molecule has 0 aliphatic carbocycles. The Morgan fingerprint density at radius 3 is 2.48 bits per heavy atom. The van der Waals surface area contributed by atoms with E-state index in [1.165, 1.54) is 21.5 Å². The monoisotopic (exact) mass is 350 g/mol. The predicted octanol–water partition coefficient (Wildman–Crippen LogP) is 4.25. The molecule has 1 unspecified atom stereocenters. The lowest BCUT2D eigenvalue weighted by atomic mass is 9.87. The maximum absolute atomic E-state index is 13.1. The van der Waals surface area contributed by atoms with E-state index in [4.69, 9.17) is 0 Å². The van der Waals surface area contributed by atoms with Crippen molar-refractivity contribution in [3.8, 4) is 0 Å². The number of rotatable bonds is 1. The van der Waals surface area contributed by atoms with Gasteiger partial charge >= 0.3 is 0 Å². The van der Waals surface area contributed by atoms with Gasteiger partial charge in [-0.3, -0.25) is 10.1 Å². The number of carbonyl (C=O) groups is 1. The van der Waals surface area contributed by atoms with E-state index >= 15 is 0 Å². The topological polar surface area (TPSA) is 32.3 Å². The van der Waals surface area contributed by atoms with Crippen LogP contribution >= 0.6 is 0 Å². The summed E-state index contributed by atoms with van der Waals surface area (Å²) in [7, 11) is 0. The van der Waals surface area contributed by atoms with Crippen molar-refractivity contribution in [3.63, 3.8) is 0 Å². The molecule has 0 radical (unpaired) electrons. The number of amides is 1. The first-order chi connectivity index (χ1) is 13.3. The van der Waals surface area contributed by atoms with Gasteiger partial charge in [-0.1, -0.05) is 72.8 Å². The molecule has 2 aliphatic rings. The molecule has 0 spiro atoms. The largest absolute Gasteiger partial charge is 0.311 e. The molecule has 3 nitrogen and oxygen atoms in total. The standard InChI is InChI=1S/C24H18N2O/c27-23-20-8-3-4-10-22(20)24(25-14-15-26(23)24)21-11-5-9-18-17-7-2-1-6-16(17)12-13-19(18)21/h1-13,25H,14-15H2. The summed E-state index contributed by atoms with van der Waals surface area (Å²) >= 11 is 0. The molecule has 27 heavy (non-hydrogen) atoms. The van der Waals surface area contributed by atoms with Crippen LogP contribution in [0, 0.1) is 0 Å². The zero-order valence-electron chi connectivity index (χ0n) is 14.8. The maximum Gasteiger partial charge on any atom is 0.256 e. The first-order valence-electron chi connectivity index (χ1n) is 9.38. The first-order valence-corrected chi connectivity index (χ1v) is 9.38. The van der Waals surface area contributed by atoms with Crippen LogP contribution in [0.2, 0.25) is 0 Å². The van der Waals surface area contributed by atoms with Crippen LogP contribution in [-0.4, -0.2) is 23.9 Å². The minimum absolute atomic E-state index is 0.119. The molecular formula is C24H18N2O. The van der Waals surface area contributed by atoms with Crippen molar-refractivity contribution < 1.29 is 4.79 Å². The summed E-state index contributed by atoms with van der Waals surface area (Å²) in [6.45, 7) is 1.52. The van der Waals surface area contributed by atoms with Gasteiger partial charge in [-0.25, -0.2) is 0 Å². The van der Waals surface area contributed by atoms with Crippen LogP contribution in [0.15, 0.2) is 78.9 Å². The van der Waals surface area contributed by atoms with Crippen molar-refractivity contribution in [2.24, 2.45) is 0 Å². The molecule has 0 bridgehead atoms. The predicted molar refractivity (Wildman–Crippen MR) is 108 cm³/mol. The number of nitrogens with one attached hydrogen (secondary N) is 1. The summed E-state index contributed by atoms with van der Waals surface area (Å²) in [4.78, 5) is 15.1. The molecule has 0 saturated carbocycles. The Morgan fingerprint density at radius 2 is 1.52 bits per heavy atom. The summed E-state index contributed by atoms with van der Waals surface area (Å²) < 4.78 is 0. The van der Waals surface area contributed by atoms with Gasteiger partial charge in [0.25, 0.3) is 5.91 Å². The van der Waals surface area contributed by atoms with E-state index in [0.29, 0.717) is 0 Å². The fraction of sp³-hybridized carbons (Fsp3) is 0.125. The lowest BCUT2D eigenvalue weighted by Gasteiger charge is -2.34. The van der Waals surface area contributed by atoms with Crippen molar-refractivity contribution >= 4 is 27.5 Å². The number of hydrogen-bond acceptors (Lipinski definition) is 2. The average molecular weight is 350 g/mol. The van der Waals surface area contributed by atoms with Crippen molar-refractivity contribution in [1.29, 1.82) is 0 Å². The van der Waals surface area contributed by atoms with E-state index in [9.17, 15) is 4.79 Å². The van der Waals surface area contributed by atoms with Crippen molar-refractivity contribution in [2.75, 3.05) is 13.1 Å². The van der Waals surface area contributed by atoms with Gasteiger partial charge in [-0.05, 0) is 27.6 Å². The van der Waals surface area contributed by atoms with Gasteiger partial charge in [-0.2, -0.15) is 0 Å². The Labute approximate surface area is 157 Å². The second-order valence-corrected chi connectivity index (χ2v) is 7.33. The van der Waals surface area contributed by atoms with Crippen molar-refractivity contribution in [1.82, 2.24) is 10.2 Å². The van der Waals surface area contributed by atoms with E-state index < -0.39 is 5.66 Å². The van der Waals surface area contributed by atoms with Crippen LogP contribution in [0.5, 0.6) is 0 Å². The highest BCUT2D eigenvalue weighted by Crippen LogP contribution is 2.46. The zero-order valence-corrected chi connectivity index (χ0v) is 14.8. The first kappa shape index (κ1) is 14.9. The minimum Gasteiger partial charge on any atom is -0.311 e. The Bertz CT molecular complexity index is 1250. The second-order valence-electron chi connectivity index (χ2n) is 7.33. The number of hydrogen-bond donors (Lipinski definition) is 1. The molecule has 4 aromatic rings. The molecule has 1 saturated heterocycles. The van der Waals surface area contributed by atoms with Crippen LogP contribution in [0.4, 0.5) is 0 Å². The lowest BCUT2D eigenvalue weighted by Crippen LogP contribution is -2.46. The average Bonchev–Trinajstić information content (AvgIpc) is 3.27. The lowest BCUT2D eigenvalue weighted by molar-refractivity contribution is 0.0696. The van der Waals surface area contributed by atoms with Gasteiger partial charge in [0, 0.05) is 29.8 Å². The van der Waals surface area contributed by atoms with E-state index in [1.54, 1.807) is 0 Å². The Morgan fingerprint density at radius 1 is 0.741 bits per heavy atom. The normalized spacial score (nSPS) is 21.0. The number of carbonyl (C=O) groups excluding carboxylic acids is 1. The van der Waals surface area contributed by atoms with Gasteiger partial charge in [0.2, 0.25) is 0 Å². The van der Waals surface area contributed by atoms with Gasteiger partial charge in [-0.15, -0.1) is 0 Å². The molecule has 4 aromatic carbocycles. The van der Waals surface area contributed by atoms with Gasteiger partial charge in [0.05, 0.1) is 0 Å². The summed E-state index contributed by atoms with van der Waals surface area (Å²) in [5.41, 5.74) is 2.45. The van der Waals surface area contributed by atoms with Gasteiger partial charge < -0.3 is 4.90 Å². The number of nitrogens with zero attached hydrogens (tertiary/aromatic N) is 1. The van der Waals surface area contributed by atoms with Crippen molar-refractivity contribution in [3.05, 3.63) is 95.6 Å². The fourth-order valence-corrected chi connectivity index (χ4v) is 4.98. The highest BCUT2D eigenvalue weighted by atomic mass is 16.2. The fourth-order valence-electron chi connectivity index (χ4n) is 4.98. The molecule has 130 valence electrons. The Balaban J connectivity index is 1.73. The highest BCUT2D eigenvalue weighted by Gasteiger charge is 2.53.